The molecule has 0 radical (unpaired) electrons. The molecule has 0 unspecified atom stereocenters. The largest absolute Gasteiger partial charge is 0.319 e. The second-order valence-corrected chi connectivity index (χ2v) is 4.84. The van der Waals surface area contributed by atoms with Gasteiger partial charge in [-0.25, -0.2) is 4.39 Å². The fraction of sp³-hybridized carbons (Fsp3) is 0. The molecule has 0 atom stereocenters. The smallest absolute Gasteiger partial charge is 0.270 e. The zero-order valence-electron chi connectivity index (χ0n) is 10.3. The first kappa shape index (κ1) is 15.2. The molecule has 5 nitrogen and oxygen atoms in total. The molecule has 21 heavy (non-hydrogen) atoms. The van der Waals surface area contributed by atoms with Crippen molar-refractivity contribution in [3.63, 3.8) is 0 Å². The minimum absolute atomic E-state index is 0.0208. The summed E-state index contributed by atoms with van der Waals surface area (Å²) in [5.74, 6) is -1.48. The number of nitrogens with zero attached hydrogens (tertiary/aromatic N) is 1. The van der Waals surface area contributed by atoms with Crippen LogP contribution in [0, 0.1) is 15.9 Å². The van der Waals surface area contributed by atoms with Gasteiger partial charge in [-0.05, 0) is 24.3 Å². The van der Waals surface area contributed by atoms with Gasteiger partial charge < -0.3 is 5.32 Å². The molecule has 0 fully saturated rings. The third kappa shape index (κ3) is 3.48. The number of anilines is 1. The molecule has 0 aromatic heterocycles. The second kappa shape index (κ2) is 6.07. The SMILES string of the molecule is O=C(Nc1ccc(Cl)cc1F)c1cc([N+](=O)[O-])ccc1Cl. The summed E-state index contributed by atoms with van der Waals surface area (Å²) < 4.78 is 13.6. The van der Waals surface area contributed by atoms with Crippen LogP contribution in [0.1, 0.15) is 10.4 Å². The number of nitrogens with one attached hydrogen (secondary N) is 1. The molecule has 0 aliphatic rings. The normalized spacial score (nSPS) is 10.2. The molecule has 2 aromatic rings. The summed E-state index contributed by atoms with van der Waals surface area (Å²) in [7, 11) is 0. The van der Waals surface area contributed by atoms with Crippen molar-refractivity contribution in [1.82, 2.24) is 0 Å². The Morgan fingerprint density at radius 3 is 2.52 bits per heavy atom. The highest BCUT2D eigenvalue weighted by Gasteiger charge is 2.17. The molecule has 108 valence electrons. The first-order valence-electron chi connectivity index (χ1n) is 5.59. The van der Waals surface area contributed by atoms with Gasteiger partial charge in [-0.1, -0.05) is 23.2 Å². The van der Waals surface area contributed by atoms with Gasteiger partial charge in [0.05, 0.1) is 21.2 Å². The van der Waals surface area contributed by atoms with Gasteiger partial charge in [-0.3, -0.25) is 14.9 Å². The summed E-state index contributed by atoms with van der Waals surface area (Å²) in [6.07, 6.45) is 0. The number of carbonyl (C=O) groups excluding carboxylic acids is 1. The fourth-order valence-corrected chi connectivity index (χ4v) is 1.94. The van der Waals surface area contributed by atoms with Crippen LogP contribution >= 0.6 is 23.2 Å². The van der Waals surface area contributed by atoms with Crippen molar-refractivity contribution < 1.29 is 14.1 Å². The number of amides is 1. The van der Waals surface area contributed by atoms with E-state index in [1.807, 2.05) is 0 Å². The van der Waals surface area contributed by atoms with Crippen molar-refractivity contribution in [2.24, 2.45) is 0 Å². The van der Waals surface area contributed by atoms with Crippen LogP contribution in [0.4, 0.5) is 15.8 Å². The number of nitro benzene ring substituents is 1. The number of carbonyl (C=O) groups is 1. The lowest BCUT2D eigenvalue weighted by Gasteiger charge is -2.08. The van der Waals surface area contributed by atoms with Crippen molar-refractivity contribution >= 4 is 40.5 Å². The van der Waals surface area contributed by atoms with E-state index >= 15 is 0 Å². The number of hydrogen-bond acceptors (Lipinski definition) is 3. The summed E-state index contributed by atoms with van der Waals surface area (Å²) >= 11 is 11.4. The van der Waals surface area contributed by atoms with Crippen LogP contribution in [0.2, 0.25) is 10.0 Å². The molecule has 0 aliphatic carbocycles. The fourth-order valence-electron chi connectivity index (χ4n) is 1.58. The Morgan fingerprint density at radius 2 is 1.90 bits per heavy atom. The molecule has 8 heteroatoms. The highest BCUT2D eigenvalue weighted by molar-refractivity contribution is 6.34. The zero-order valence-corrected chi connectivity index (χ0v) is 11.8. The third-order valence-corrected chi connectivity index (χ3v) is 3.15. The number of benzene rings is 2. The lowest BCUT2D eigenvalue weighted by molar-refractivity contribution is -0.384. The molecule has 0 saturated carbocycles. The lowest BCUT2D eigenvalue weighted by atomic mass is 10.2. The minimum atomic E-state index is -0.759. The van der Waals surface area contributed by atoms with Crippen LogP contribution in [0.15, 0.2) is 36.4 Å². The van der Waals surface area contributed by atoms with Crippen LogP contribution in [0.5, 0.6) is 0 Å². The Balaban J connectivity index is 2.32. The lowest BCUT2D eigenvalue weighted by Crippen LogP contribution is -2.13. The van der Waals surface area contributed by atoms with Crippen molar-refractivity contribution in [3.05, 3.63) is 67.9 Å². The van der Waals surface area contributed by atoms with Crippen molar-refractivity contribution in [1.29, 1.82) is 0 Å². The highest BCUT2D eigenvalue weighted by Crippen LogP contribution is 2.24. The number of non-ortho nitro benzene ring substituents is 1. The van der Waals surface area contributed by atoms with E-state index in [0.29, 0.717) is 0 Å². The van der Waals surface area contributed by atoms with Gasteiger partial charge >= 0.3 is 0 Å². The maximum Gasteiger partial charge on any atom is 0.270 e. The molecule has 1 N–H and O–H groups in total. The van der Waals surface area contributed by atoms with Gasteiger partial charge in [-0.15, -0.1) is 0 Å². The molecular weight excluding hydrogens is 322 g/mol. The third-order valence-electron chi connectivity index (χ3n) is 2.58. The monoisotopic (exact) mass is 328 g/mol. The van der Waals surface area contributed by atoms with E-state index in [1.165, 1.54) is 24.3 Å². The number of halogens is 3. The molecule has 0 aliphatic heterocycles. The van der Waals surface area contributed by atoms with Crippen molar-refractivity contribution in [2.45, 2.75) is 0 Å². The number of rotatable bonds is 3. The molecule has 0 heterocycles. The molecule has 0 spiro atoms. The summed E-state index contributed by atoms with van der Waals surface area (Å²) in [4.78, 5) is 22.1. The summed E-state index contributed by atoms with van der Waals surface area (Å²) in [5, 5.41) is 13.2. The topological polar surface area (TPSA) is 72.2 Å². The van der Waals surface area contributed by atoms with Gasteiger partial charge in [0, 0.05) is 17.2 Å². The van der Waals surface area contributed by atoms with Gasteiger partial charge in [0.25, 0.3) is 11.6 Å². The van der Waals surface area contributed by atoms with Crippen LogP contribution in [-0.2, 0) is 0 Å². The van der Waals surface area contributed by atoms with Gasteiger partial charge in [0.15, 0.2) is 0 Å². The van der Waals surface area contributed by atoms with E-state index in [4.69, 9.17) is 23.2 Å². The standard InChI is InChI=1S/C13H7Cl2FN2O3/c14-7-1-4-12(11(16)5-7)17-13(19)9-6-8(18(20)21)2-3-10(9)15/h1-6H,(H,17,19). The van der Waals surface area contributed by atoms with E-state index in [-0.39, 0.29) is 27.0 Å². The van der Waals surface area contributed by atoms with E-state index in [1.54, 1.807) is 0 Å². The van der Waals surface area contributed by atoms with Crippen molar-refractivity contribution in [2.75, 3.05) is 5.32 Å². The Bertz CT molecular complexity index is 737. The number of hydrogen-bond donors (Lipinski definition) is 1. The molecule has 1 amide bonds. The predicted molar refractivity (Wildman–Crippen MR) is 77.5 cm³/mol. The van der Waals surface area contributed by atoms with Gasteiger partial charge in [-0.2, -0.15) is 0 Å². The Kier molecular flexibility index (Phi) is 4.40. The van der Waals surface area contributed by atoms with Crippen molar-refractivity contribution in [3.8, 4) is 0 Å². The molecule has 0 bridgehead atoms. The average molecular weight is 329 g/mol. The minimum Gasteiger partial charge on any atom is -0.319 e. The highest BCUT2D eigenvalue weighted by atomic mass is 35.5. The Hall–Kier alpha value is -2.18. The maximum atomic E-state index is 13.6. The van der Waals surface area contributed by atoms with E-state index in [0.717, 1.165) is 12.1 Å². The Labute approximate surface area is 128 Å². The summed E-state index contributed by atoms with van der Waals surface area (Å²) in [6.45, 7) is 0. The van der Waals surface area contributed by atoms with Crippen LogP contribution in [0.25, 0.3) is 0 Å². The quantitative estimate of drug-likeness (QED) is 0.674. The van der Waals surface area contributed by atoms with E-state index in [2.05, 4.69) is 5.32 Å². The second-order valence-electron chi connectivity index (χ2n) is 4.00. The summed E-state index contributed by atoms with van der Waals surface area (Å²) in [6, 6.07) is 7.13. The van der Waals surface area contributed by atoms with Crippen LogP contribution in [0.3, 0.4) is 0 Å². The molecule has 2 aromatic carbocycles. The van der Waals surface area contributed by atoms with Gasteiger partial charge in [0.1, 0.15) is 5.82 Å². The summed E-state index contributed by atoms with van der Waals surface area (Å²) in [5.41, 5.74) is -0.520. The zero-order chi connectivity index (χ0) is 15.6. The molecular formula is C13H7Cl2FN2O3. The molecule has 2 rings (SSSR count). The van der Waals surface area contributed by atoms with E-state index in [9.17, 15) is 19.3 Å². The van der Waals surface area contributed by atoms with Crippen LogP contribution in [-0.4, -0.2) is 10.8 Å². The first-order valence-corrected chi connectivity index (χ1v) is 6.34. The van der Waals surface area contributed by atoms with E-state index < -0.39 is 16.6 Å². The maximum absolute atomic E-state index is 13.6. The number of nitro groups is 1. The average Bonchev–Trinajstić information content (AvgIpc) is 2.42. The first-order chi connectivity index (χ1) is 9.88. The van der Waals surface area contributed by atoms with Crippen LogP contribution < -0.4 is 5.32 Å². The Morgan fingerprint density at radius 1 is 1.19 bits per heavy atom. The predicted octanol–water partition coefficient (Wildman–Crippen LogP) is 4.29. The molecule has 0 saturated heterocycles. The van der Waals surface area contributed by atoms with Gasteiger partial charge in [0.2, 0.25) is 0 Å².